The Kier molecular flexibility index (Phi) is 7.53. The van der Waals surface area contributed by atoms with Gasteiger partial charge in [0.05, 0.1) is 30.0 Å². The molecule has 3 aromatic rings. The number of hydrogen-bond donors (Lipinski definition) is 0. The van der Waals surface area contributed by atoms with Crippen molar-refractivity contribution in [1.29, 1.82) is 0 Å². The van der Waals surface area contributed by atoms with Crippen molar-refractivity contribution >= 4 is 42.4 Å². The van der Waals surface area contributed by atoms with Crippen LogP contribution < -0.4 is 9.80 Å². The van der Waals surface area contributed by atoms with E-state index in [0.29, 0.717) is 37.2 Å². The second-order valence-corrected chi connectivity index (χ2v) is 17.0. The standard InChI is InChI=1S/C28H29ClF2N4O4Si/c1-40(2)13-11-32(12-14-40)28-23(30)16-21(17-24(28)31)33-25(18-3-6-20(7-4-18)34(36)37)9-10-26(33)19-5-8-22(29)27(15-19)35(38)39/h3-8,15-17,25-26H,9-14H2,1-2H3/t25-,26-/m0/s1. The summed E-state index contributed by atoms with van der Waals surface area (Å²) in [5.41, 5.74) is 1.29. The minimum absolute atomic E-state index is 0.000530. The van der Waals surface area contributed by atoms with E-state index in [1.807, 2.05) is 4.90 Å². The van der Waals surface area contributed by atoms with Gasteiger partial charge in [0.2, 0.25) is 0 Å². The molecule has 0 aromatic heterocycles. The summed E-state index contributed by atoms with van der Waals surface area (Å²) in [5, 5.41) is 22.8. The van der Waals surface area contributed by atoms with Crippen molar-refractivity contribution in [2.75, 3.05) is 22.9 Å². The number of anilines is 2. The average Bonchev–Trinajstić information content (AvgIpc) is 3.34. The predicted molar refractivity (Wildman–Crippen MR) is 154 cm³/mol. The molecule has 12 heteroatoms. The van der Waals surface area contributed by atoms with E-state index in [2.05, 4.69) is 13.1 Å². The molecule has 0 bridgehead atoms. The Morgan fingerprint density at radius 1 is 0.850 bits per heavy atom. The molecule has 210 valence electrons. The molecule has 2 fully saturated rings. The van der Waals surface area contributed by atoms with Gasteiger partial charge in [-0.15, -0.1) is 0 Å². The lowest BCUT2D eigenvalue weighted by Gasteiger charge is -2.38. The van der Waals surface area contributed by atoms with Gasteiger partial charge in [-0.2, -0.15) is 0 Å². The van der Waals surface area contributed by atoms with Gasteiger partial charge in [0.1, 0.15) is 10.7 Å². The first-order chi connectivity index (χ1) is 18.9. The summed E-state index contributed by atoms with van der Waals surface area (Å²) in [6, 6.07) is 14.4. The number of halogens is 3. The van der Waals surface area contributed by atoms with Crippen LogP contribution in [0.4, 0.5) is 31.5 Å². The molecule has 2 aliphatic heterocycles. The molecule has 3 aromatic carbocycles. The summed E-state index contributed by atoms with van der Waals surface area (Å²) in [6.07, 6.45) is 1.10. The fourth-order valence-corrected chi connectivity index (χ4v) is 8.05. The predicted octanol–water partition coefficient (Wildman–Crippen LogP) is 8.05. The normalized spacial score (nSPS) is 20.5. The molecule has 0 radical (unpaired) electrons. The van der Waals surface area contributed by atoms with Crippen LogP contribution in [-0.4, -0.2) is 31.0 Å². The zero-order valence-corrected chi connectivity index (χ0v) is 23.9. The van der Waals surface area contributed by atoms with Crippen molar-refractivity contribution in [1.82, 2.24) is 0 Å². The zero-order chi connectivity index (χ0) is 28.8. The summed E-state index contributed by atoms with van der Waals surface area (Å²) in [7, 11) is -1.35. The van der Waals surface area contributed by atoms with Crippen molar-refractivity contribution in [3.8, 4) is 0 Å². The van der Waals surface area contributed by atoms with Crippen LogP contribution in [0.1, 0.15) is 36.1 Å². The third-order valence-electron chi connectivity index (χ3n) is 8.16. The second kappa shape index (κ2) is 10.8. The van der Waals surface area contributed by atoms with Crippen LogP contribution in [0, 0.1) is 31.9 Å². The number of rotatable bonds is 6. The van der Waals surface area contributed by atoms with Gasteiger partial charge in [-0.1, -0.05) is 42.9 Å². The Morgan fingerprint density at radius 2 is 1.40 bits per heavy atom. The molecular weight excluding hydrogens is 558 g/mol. The first-order valence-corrected chi connectivity index (χ1v) is 16.9. The summed E-state index contributed by atoms with van der Waals surface area (Å²) in [4.78, 5) is 25.4. The van der Waals surface area contributed by atoms with E-state index in [-0.39, 0.29) is 28.1 Å². The van der Waals surface area contributed by atoms with Crippen LogP contribution >= 0.6 is 11.6 Å². The molecule has 0 aliphatic carbocycles. The molecule has 0 saturated carbocycles. The maximum Gasteiger partial charge on any atom is 0.288 e. The van der Waals surface area contributed by atoms with Gasteiger partial charge >= 0.3 is 0 Å². The van der Waals surface area contributed by atoms with E-state index < -0.39 is 35.6 Å². The van der Waals surface area contributed by atoms with Crippen molar-refractivity contribution in [3.63, 3.8) is 0 Å². The van der Waals surface area contributed by atoms with Crippen LogP contribution in [0.15, 0.2) is 54.6 Å². The van der Waals surface area contributed by atoms with Crippen LogP contribution in [0.5, 0.6) is 0 Å². The fourth-order valence-electron chi connectivity index (χ4n) is 5.86. The molecule has 0 unspecified atom stereocenters. The highest BCUT2D eigenvalue weighted by Crippen LogP contribution is 2.49. The minimum atomic E-state index is -1.35. The second-order valence-electron chi connectivity index (χ2n) is 11.2. The number of non-ortho nitro benzene ring substituents is 1. The van der Waals surface area contributed by atoms with Gasteiger partial charge < -0.3 is 9.80 Å². The van der Waals surface area contributed by atoms with Gasteiger partial charge in [0.25, 0.3) is 11.4 Å². The first kappa shape index (κ1) is 28.0. The van der Waals surface area contributed by atoms with E-state index in [4.69, 9.17) is 11.6 Å². The van der Waals surface area contributed by atoms with Gasteiger partial charge in [-0.05, 0) is 54.3 Å². The van der Waals surface area contributed by atoms with Crippen molar-refractivity contribution in [2.24, 2.45) is 0 Å². The van der Waals surface area contributed by atoms with E-state index in [1.54, 1.807) is 23.1 Å². The number of hydrogen-bond acceptors (Lipinski definition) is 6. The maximum absolute atomic E-state index is 15.7. The highest BCUT2D eigenvalue weighted by atomic mass is 35.5. The molecule has 5 rings (SSSR count). The highest BCUT2D eigenvalue weighted by molar-refractivity contribution is 6.77. The molecule has 0 spiro atoms. The Bertz CT molecular complexity index is 1440. The lowest BCUT2D eigenvalue weighted by molar-refractivity contribution is -0.385. The summed E-state index contributed by atoms with van der Waals surface area (Å²) in [5.74, 6) is -1.32. The fraction of sp³-hybridized carbons (Fsp3) is 0.357. The summed E-state index contributed by atoms with van der Waals surface area (Å²) >= 11 is 6.05. The number of nitro benzene ring substituents is 2. The molecule has 0 N–H and O–H groups in total. The molecule has 2 aliphatic rings. The quantitative estimate of drug-likeness (QED) is 0.165. The monoisotopic (exact) mass is 586 g/mol. The Morgan fingerprint density at radius 3 is 1.95 bits per heavy atom. The van der Waals surface area contributed by atoms with E-state index >= 15 is 8.78 Å². The molecular formula is C28H29ClF2N4O4Si. The van der Waals surface area contributed by atoms with Gasteiger partial charge in [-0.25, -0.2) is 8.78 Å². The third kappa shape index (κ3) is 5.40. The van der Waals surface area contributed by atoms with Crippen molar-refractivity contribution in [3.05, 3.63) is 103 Å². The lowest BCUT2D eigenvalue weighted by Crippen LogP contribution is -2.43. The molecule has 40 heavy (non-hydrogen) atoms. The Labute approximate surface area is 236 Å². The minimum Gasteiger partial charge on any atom is -0.367 e. The van der Waals surface area contributed by atoms with Crippen LogP contribution in [0.2, 0.25) is 30.2 Å². The van der Waals surface area contributed by atoms with E-state index in [0.717, 1.165) is 17.7 Å². The Balaban J connectivity index is 1.57. The third-order valence-corrected chi connectivity index (χ3v) is 11.6. The van der Waals surface area contributed by atoms with Gasteiger partial charge in [-0.3, -0.25) is 20.2 Å². The van der Waals surface area contributed by atoms with Gasteiger partial charge in [0.15, 0.2) is 11.6 Å². The van der Waals surface area contributed by atoms with Crippen LogP contribution in [-0.2, 0) is 0 Å². The molecule has 2 saturated heterocycles. The van der Waals surface area contributed by atoms with E-state index in [1.165, 1.54) is 36.4 Å². The van der Waals surface area contributed by atoms with Crippen LogP contribution in [0.3, 0.4) is 0 Å². The van der Waals surface area contributed by atoms with Crippen molar-refractivity contribution in [2.45, 2.75) is 50.1 Å². The van der Waals surface area contributed by atoms with Crippen LogP contribution in [0.25, 0.3) is 0 Å². The van der Waals surface area contributed by atoms with E-state index in [9.17, 15) is 20.2 Å². The SMILES string of the molecule is C[Si]1(C)CCN(c2c(F)cc(N3[C@H](c4ccc([N+](=O)[O-])cc4)CC[C@H]3c3ccc(Cl)c([N+](=O)[O-])c3)cc2F)CC1. The lowest BCUT2D eigenvalue weighted by atomic mass is 10.0. The largest absolute Gasteiger partial charge is 0.367 e. The maximum atomic E-state index is 15.7. The molecule has 2 atom stereocenters. The molecule has 8 nitrogen and oxygen atoms in total. The highest BCUT2D eigenvalue weighted by Gasteiger charge is 2.38. The number of nitro groups is 2. The Hall–Kier alpha value is -3.57. The topological polar surface area (TPSA) is 92.8 Å². The van der Waals surface area contributed by atoms with Gasteiger partial charge in [0, 0.05) is 37.0 Å². The smallest absolute Gasteiger partial charge is 0.288 e. The average molecular weight is 587 g/mol. The number of benzene rings is 3. The first-order valence-electron chi connectivity index (χ1n) is 13.2. The summed E-state index contributed by atoms with van der Waals surface area (Å²) in [6.45, 7) is 5.79. The summed E-state index contributed by atoms with van der Waals surface area (Å²) < 4.78 is 31.4. The van der Waals surface area contributed by atoms with Crippen molar-refractivity contribution < 1.29 is 18.6 Å². The zero-order valence-electron chi connectivity index (χ0n) is 22.1. The molecule has 0 amide bonds. The number of nitrogens with zero attached hydrogens (tertiary/aromatic N) is 4. The molecule has 2 heterocycles.